The Bertz CT molecular complexity index is 1200. The van der Waals surface area contributed by atoms with E-state index in [1.54, 1.807) is 47.4 Å². The highest BCUT2D eigenvalue weighted by molar-refractivity contribution is 7.91. The molecule has 1 atom stereocenters. The number of rotatable bonds is 7. The summed E-state index contributed by atoms with van der Waals surface area (Å²) < 4.78 is 35.6. The van der Waals surface area contributed by atoms with E-state index in [1.165, 1.54) is 0 Å². The Morgan fingerprint density at radius 3 is 2.59 bits per heavy atom. The minimum absolute atomic E-state index is 0.0440. The summed E-state index contributed by atoms with van der Waals surface area (Å²) in [4.78, 5) is 15.0. The summed E-state index contributed by atoms with van der Waals surface area (Å²) in [7, 11) is -3.16. The van der Waals surface area contributed by atoms with E-state index < -0.39 is 15.9 Å². The summed E-state index contributed by atoms with van der Waals surface area (Å²) >= 11 is 6.08. The Morgan fingerprint density at radius 1 is 1.16 bits per heavy atom. The van der Waals surface area contributed by atoms with E-state index >= 15 is 0 Å². The van der Waals surface area contributed by atoms with Crippen molar-refractivity contribution in [2.45, 2.75) is 25.9 Å². The molecule has 4 rings (SSSR count). The van der Waals surface area contributed by atoms with Gasteiger partial charge in [-0.15, -0.1) is 0 Å². The van der Waals surface area contributed by atoms with Crippen LogP contribution in [-0.4, -0.2) is 43.4 Å². The molecular formula is C24H24ClNO5S. The fraction of sp³-hybridized carbons (Fsp3) is 0.292. The summed E-state index contributed by atoms with van der Waals surface area (Å²) in [6.07, 6.45) is 0.410. The van der Waals surface area contributed by atoms with E-state index in [1.807, 2.05) is 25.1 Å². The van der Waals surface area contributed by atoms with Crippen LogP contribution in [-0.2, 0) is 16.4 Å². The van der Waals surface area contributed by atoms with Gasteiger partial charge in [0.15, 0.2) is 9.84 Å². The topological polar surface area (TPSA) is 76.8 Å². The molecule has 0 bridgehead atoms. The van der Waals surface area contributed by atoms with Gasteiger partial charge in [0.05, 0.1) is 24.7 Å². The van der Waals surface area contributed by atoms with Gasteiger partial charge in [-0.3, -0.25) is 4.79 Å². The maximum atomic E-state index is 13.4. The molecule has 1 saturated heterocycles. The molecule has 6 nitrogen and oxygen atoms in total. The van der Waals surface area contributed by atoms with Crippen LogP contribution in [0.15, 0.2) is 65.1 Å². The number of hydrogen-bond acceptors (Lipinski definition) is 5. The van der Waals surface area contributed by atoms with Crippen molar-refractivity contribution in [3.63, 3.8) is 0 Å². The molecule has 8 heteroatoms. The number of halogens is 1. The third kappa shape index (κ3) is 5.16. The maximum absolute atomic E-state index is 13.4. The number of ether oxygens (including phenoxy) is 1. The Hall–Kier alpha value is -2.77. The molecule has 0 unspecified atom stereocenters. The highest BCUT2D eigenvalue weighted by Gasteiger charge is 2.35. The second-order valence-corrected chi connectivity index (χ2v) is 10.4. The number of carbonyl (C=O) groups excluding carboxylic acids is 1. The van der Waals surface area contributed by atoms with Crippen molar-refractivity contribution >= 4 is 27.3 Å². The lowest BCUT2D eigenvalue weighted by atomic mass is 10.1. The standard InChI is InChI=1S/C24H24ClNO5S/c1-2-30-21-8-6-17(7-9-21)24(27)26(20-12-13-32(28,29)16-20)15-22-10-11-23(31-22)18-4-3-5-19(25)14-18/h3-11,14,20H,2,12-13,15-16H2,1H3/t20-/m1/s1. The second-order valence-electron chi connectivity index (χ2n) is 7.72. The van der Waals surface area contributed by atoms with Gasteiger partial charge in [0.25, 0.3) is 5.91 Å². The molecule has 0 N–H and O–H groups in total. The summed E-state index contributed by atoms with van der Waals surface area (Å²) in [5.41, 5.74) is 1.30. The number of carbonyl (C=O) groups is 1. The second kappa shape index (κ2) is 9.38. The molecule has 2 heterocycles. The van der Waals surface area contributed by atoms with E-state index in [4.69, 9.17) is 20.8 Å². The molecule has 168 valence electrons. The van der Waals surface area contributed by atoms with Crippen LogP contribution < -0.4 is 4.74 Å². The Kier molecular flexibility index (Phi) is 6.58. The molecule has 3 aromatic rings. The van der Waals surface area contributed by atoms with Crippen LogP contribution in [0.5, 0.6) is 5.75 Å². The zero-order valence-corrected chi connectivity index (χ0v) is 19.2. The first-order valence-electron chi connectivity index (χ1n) is 10.4. The zero-order valence-electron chi connectivity index (χ0n) is 17.7. The molecule has 1 amide bonds. The van der Waals surface area contributed by atoms with Crippen LogP contribution >= 0.6 is 11.6 Å². The van der Waals surface area contributed by atoms with E-state index in [0.29, 0.717) is 40.9 Å². The van der Waals surface area contributed by atoms with Gasteiger partial charge in [0.2, 0.25) is 0 Å². The molecular weight excluding hydrogens is 450 g/mol. The van der Waals surface area contributed by atoms with Crippen LogP contribution in [0.2, 0.25) is 5.02 Å². The minimum atomic E-state index is -3.16. The normalized spacial score (nSPS) is 17.2. The molecule has 1 fully saturated rings. The van der Waals surface area contributed by atoms with Crippen molar-refractivity contribution in [1.29, 1.82) is 0 Å². The van der Waals surface area contributed by atoms with Gasteiger partial charge in [-0.1, -0.05) is 23.7 Å². The SMILES string of the molecule is CCOc1ccc(C(=O)N(Cc2ccc(-c3cccc(Cl)c3)o2)[C@@H]2CCS(=O)(=O)C2)cc1. The lowest BCUT2D eigenvalue weighted by Gasteiger charge is -2.27. The van der Waals surface area contributed by atoms with E-state index in [0.717, 1.165) is 5.56 Å². The van der Waals surface area contributed by atoms with E-state index in [-0.39, 0.29) is 24.0 Å². The van der Waals surface area contributed by atoms with Crippen molar-refractivity contribution in [3.05, 3.63) is 77.0 Å². The van der Waals surface area contributed by atoms with Gasteiger partial charge < -0.3 is 14.1 Å². The number of furan rings is 1. The number of nitrogens with zero attached hydrogens (tertiary/aromatic N) is 1. The van der Waals surface area contributed by atoms with Gasteiger partial charge in [0.1, 0.15) is 17.3 Å². The number of benzene rings is 2. The lowest BCUT2D eigenvalue weighted by Crippen LogP contribution is -2.40. The smallest absolute Gasteiger partial charge is 0.254 e. The first-order valence-corrected chi connectivity index (χ1v) is 12.6. The zero-order chi connectivity index (χ0) is 22.7. The molecule has 1 aliphatic heterocycles. The molecule has 0 radical (unpaired) electrons. The molecule has 0 spiro atoms. The van der Waals surface area contributed by atoms with Gasteiger partial charge in [-0.25, -0.2) is 8.42 Å². The molecule has 0 saturated carbocycles. The Labute approximate surface area is 192 Å². The fourth-order valence-electron chi connectivity index (χ4n) is 3.84. The lowest BCUT2D eigenvalue weighted by molar-refractivity contribution is 0.0666. The van der Waals surface area contributed by atoms with Crippen LogP contribution in [0, 0.1) is 0 Å². The third-order valence-electron chi connectivity index (χ3n) is 5.42. The molecule has 32 heavy (non-hydrogen) atoms. The summed E-state index contributed by atoms with van der Waals surface area (Å²) in [6.45, 7) is 2.60. The predicted octanol–water partition coefficient (Wildman–Crippen LogP) is 4.83. The van der Waals surface area contributed by atoms with Crippen LogP contribution in [0.1, 0.15) is 29.5 Å². The monoisotopic (exact) mass is 473 g/mol. The van der Waals surface area contributed by atoms with Crippen LogP contribution in [0.4, 0.5) is 0 Å². The van der Waals surface area contributed by atoms with Crippen molar-refractivity contribution in [1.82, 2.24) is 4.90 Å². The van der Waals surface area contributed by atoms with Crippen LogP contribution in [0.3, 0.4) is 0 Å². The number of amides is 1. The van der Waals surface area contributed by atoms with Gasteiger partial charge in [-0.2, -0.15) is 0 Å². The van der Waals surface area contributed by atoms with Crippen LogP contribution in [0.25, 0.3) is 11.3 Å². The van der Waals surface area contributed by atoms with Crippen molar-refractivity contribution in [2.24, 2.45) is 0 Å². The Morgan fingerprint density at radius 2 is 1.94 bits per heavy atom. The van der Waals surface area contributed by atoms with Crippen molar-refractivity contribution in [3.8, 4) is 17.1 Å². The first kappa shape index (κ1) is 22.4. The van der Waals surface area contributed by atoms with Gasteiger partial charge in [-0.05, 0) is 61.9 Å². The summed E-state index contributed by atoms with van der Waals surface area (Å²) in [5, 5.41) is 0.601. The fourth-order valence-corrected chi connectivity index (χ4v) is 5.76. The number of hydrogen-bond donors (Lipinski definition) is 0. The van der Waals surface area contributed by atoms with Crippen molar-refractivity contribution in [2.75, 3.05) is 18.1 Å². The molecule has 1 aromatic heterocycles. The average Bonchev–Trinajstić information content (AvgIpc) is 3.38. The molecule has 2 aromatic carbocycles. The molecule has 0 aliphatic carbocycles. The third-order valence-corrected chi connectivity index (χ3v) is 7.40. The van der Waals surface area contributed by atoms with Gasteiger partial charge in [0, 0.05) is 22.2 Å². The van der Waals surface area contributed by atoms with E-state index in [2.05, 4.69) is 0 Å². The summed E-state index contributed by atoms with van der Waals surface area (Å²) in [5.74, 6) is 1.68. The number of sulfone groups is 1. The highest BCUT2D eigenvalue weighted by Crippen LogP contribution is 2.28. The summed E-state index contributed by atoms with van der Waals surface area (Å²) in [6, 6.07) is 17.4. The largest absolute Gasteiger partial charge is 0.494 e. The quantitative estimate of drug-likeness (QED) is 0.491. The maximum Gasteiger partial charge on any atom is 0.254 e. The average molecular weight is 474 g/mol. The minimum Gasteiger partial charge on any atom is -0.494 e. The van der Waals surface area contributed by atoms with E-state index in [9.17, 15) is 13.2 Å². The van der Waals surface area contributed by atoms with Crippen molar-refractivity contribution < 1.29 is 22.4 Å². The first-order chi connectivity index (χ1) is 15.3. The predicted molar refractivity (Wildman–Crippen MR) is 124 cm³/mol. The highest BCUT2D eigenvalue weighted by atomic mass is 35.5. The van der Waals surface area contributed by atoms with Gasteiger partial charge >= 0.3 is 0 Å². The Balaban J connectivity index is 1.59. The molecule has 1 aliphatic rings.